The predicted octanol–water partition coefficient (Wildman–Crippen LogP) is 4.71. The van der Waals surface area contributed by atoms with Gasteiger partial charge in [0.05, 0.1) is 25.5 Å². The average molecular weight is 562 g/mol. The van der Waals surface area contributed by atoms with Gasteiger partial charge in [0.25, 0.3) is 0 Å². The molecule has 1 heterocycles. The maximum Gasteiger partial charge on any atom is 0.191 e. The van der Waals surface area contributed by atoms with E-state index in [0.29, 0.717) is 19.5 Å². The van der Waals surface area contributed by atoms with E-state index in [1.807, 2.05) is 49.4 Å². The van der Waals surface area contributed by atoms with Crippen molar-refractivity contribution in [1.82, 2.24) is 15.5 Å². The minimum Gasteiger partial charge on any atom is -0.468 e. The second kappa shape index (κ2) is 14.7. The molecule has 0 bridgehead atoms. The van der Waals surface area contributed by atoms with Crippen LogP contribution >= 0.6 is 24.0 Å². The molecule has 6 nitrogen and oxygen atoms in total. The lowest BCUT2D eigenvalue weighted by atomic mass is 10.1. The molecular formula is C26H35IN4O2. The molecule has 3 N–H and O–H groups in total. The molecule has 1 atom stereocenters. The fraction of sp³-hybridized carbons (Fsp3) is 0.346. The molecule has 0 radical (unpaired) electrons. The molecule has 0 saturated carbocycles. The van der Waals surface area contributed by atoms with E-state index in [-0.39, 0.29) is 24.0 Å². The van der Waals surface area contributed by atoms with Gasteiger partial charge in [-0.2, -0.15) is 0 Å². The van der Waals surface area contributed by atoms with E-state index in [0.717, 1.165) is 36.9 Å². The Bertz CT molecular complexity index is 948. The summed E-state index contributed by atoms with van der Waals surface area (Å²) in [6.45, 7) is 5.63. The molecule has 1 aromatic heterocycles. The van der Waals surface area contributed by atoms with Crippen molar-refractivity contribution in [2.24, 2.45) is 4.99 Å². The summed E-state index contributed by atoms with van der Waals surface area (Å²) in [5.74, 6) is 1.71. The van der Waals surface area contributed by atoms with Crippen LogP contribution in [0.2, 0.25) is 0 Å². The van der Waals surface area contributed by atoms with Crippen LogP contribution in [-0.2, 0) is 19.6 Å². The summed E-state index contributed by atoms with van der Waals surface area (Å²) in [6.07, 6.45) is 1.83. The van der Waals surface area contributed by atoms with E-state index >= 15 is 0 Å². The fourth-order valence-corrected chi connectivity index (χ4v) is 3.56. The van der Waals surface area contributed by atoms with Gasteiger partial charge in [-0.3, -0.25) is 4.90 Å². The van der Waals surface area contributed by atoms with Gasteiger partial charge in [-0.15, -0.1) is 24.0 Å². The van der Waals surface area contributed by atoms with Gasteiger partial charge in [0.2, 0.25) is 0 Å². The number of furan rings is 1. The Kier molecular flexibility index (Phi) is 12.0. The van der Waals surface area contributed by atoms with Crippen molar-refractivity contribution in [3.05, 3.63) is 95.4 Å². The number of aliphatic hydroxyl groups is 1. The lowest BCUT2D eigenvalue weighted by molar-refractivity contribution is 0.168. The standard InChI is InChI=1S/C26H34N4O2.HI/c1-3-27-26(28-16-15-25(31)21-10-5-4-6-11-21)29-18-22-12-7-8-13-23(22)19-30(2)20-24-14-9-17-32-24;/h4-14,17,25,31H,3,15-16,18-20H2,1-2H3,(H2,27,28,29);1H. The molecule has 178 valence electrons. The van der Waals surface area contributed by atoms with Crippen molar-refractivity contribution < 1.29 is 9.52 Å². The lowest BCUT2D eigenvalue weighted by Crippen LogP contribution is -2.38. The molecule has 0 fully saturated rings. The van der Waals surface area contributed by atoms with Crippen LogP contribution in [0, 0.1) is 0 Å². The Hall–Kier alpha value is -2.36. The quantitative estimate of drug-likeness (QED) is 0.180. The first-order valence-electron chi connectivity index (χ1n) is 11.2. The van der Waals surface area contributed by atoms with Gasteiger partial charge in [0, 0.05) is 19.6 Å². The van der Waals surface area contributed by atoms with Crippen molar-refractivity contribution in [2.75, 3.05) is 20.1 Å². The zero-order valence-corrected chi connectivity index (χ0v) is 21.7. The van der Waals surface area contributed by atoms with Gasteiger partial charge in [-0.05, 0) is 49.2 Å². The first kappa shape index (κ1) is 26.9. The van der Waals surface area contributed by atoms with E-state index in [1.54, 1.807) is 6.26 Å². The Morgan fingerprint density at radius 3 is 2.39 bits per heavy atom. The molecule has 2 aromatic carbocycles. The SMILES string of the molecule is CCNC(=NCc1ccccc1CN(C)Cc1ccco1)NCCC(O)c1ccccc1.I. The van der Waals surface area contributed by atoms with Gasteiger partial charge < -0.3 is 20.2 Å². The molecule has 0 saturated heterocycles. The van der Waals surface area contributed by atoms with Gasteiger partial charge in [-0.1, -0.05) is 54.6 Å². The first-order valence-corrected chi connectivity index (χ1v) is 11.2. The van der Waals surface area contributed by atoms with Crippen LogP contribution in [0.15, 0.2) is 82.4 Å². The molecule has 0 aliphatic rings. The summed E-state index contributed by atoms with van der Waals surface area (Å²) in [6, 6.07) is 22.1. The molecule has 3 rings (SSSR count). The Balaban J connectivity index is 0.00000385. The highest BCUT2D eigenvalue weighted by molar-refractivity contribution is 14.0. The lowest BCUT2D eigenvalue weighted by Gasteiger charge is -2.18. The van der Waals surface area contributed by atoms with E-state index < -0.39 is 6.10 Å². The molecule has 33 heavy (non-hydrogen) atoms. The predicted molar refractivity (Wildman–Crippen MR) is 145 cm³/mol. The number of benzene rings is 2. The zero-order valence-electron chi connectivity index (χ0n) is 19.4. The van der Waals surface area contributed by atoms with Crippen LogP contribution in [-0.4, -0.2) is 36.1 Å². The first-order chi connectivity index (χ1) is 15.7. The third kappa shape index (κ3) is 9.19. The Morgan fingerprint density at radius 1 is 0.970 bits per heavy atom. The van der Waals surface area contributed by atoms with Crippen LogP contribution in [0.3, 0.4) is 0 Å². The number of nitrogens with one attached hydrogen (secondary N) is 2. The number of nitrogens with zero attached hydrogens (tertiary/aromatic N) is 2. The number of guanidine groups is 1. The van der Waals surface area contributed by atoms with E-state index in [1.165, 1.54) is 11.1 Å². The van der Waals surface area contributed by atoms with Crippen LogP contribution in [0.25, 0.3) is 0 Å². The number of aliphatic hydroxyl groups excluding tert-OH is 1. The number of hydrogen-bond acceptors (Lipinski definition) is 4. The van der Waals surface area contributed by atoms with E-state index in [9.17, 15) is 5.11 Å². The summed E-state index contributed by atoms with van der Waals surface area (Å²) in [5, 5.41) is 17.0. The maximum atomic E-state index is 10.4. The van der Waals surface area contributed by atoms with Crippen LogP contribution in [0.1, 0.15) is 41.9 Å². The summed E-state index contributed by atoms with van der Waals surface area (Å²) in [5.41, 5.74) is 3.38. The highest BCUT2D eigenvalue weighted by Crippen LogP contribution is 2.16. The third-order valence-corrected chi connectivity index (χ3v) is 5.21. The van der Waals surface area contributed by atoms with Crippen molar-refractivity contribution in [3.63, 3.8) is 0 Å². The van der Waals surface area contributed by atoms with E-state index in [4.69, 9.17) is 9.41 Å². The Morgan fingerprint density at radius 2 is 1.70 bits per heavy atom. The highest BCUT2D eigenvalue weighted by Gasteiger charge is 2.09. The minimum atomic E-state index is -0.489. The summed E-state index contributed by atoms with van der Waals surface area (Å²) >= 11 is 0. The minimum absolute atomic E-state index is 0. The number of rotatable bonds is 11. The van der Waals surface area contributed by atoms with Crippen molar-refractivity contribution in [3.8, 4) is 0 Å². The van der Waals surface area contributed by atoms with Gasteiger partial charge in [0.15, 0.2) is 5.96 Å². The molecule has 0 aliphatic carbocycles. The molecular weight excluding hydrogens is 527 g/mol. The van der Waals surface area contributed by atoms with Crippen LogP contribution < -0.4 is 10.6 Å². The molecule has 7 heteroatoms. The Labute approximate surface area is 214 Å². The van der Waals surface area contributed by atoms with Crippen molar-refractivity contribution in [1.29, 1.82) is 0 Å². The summed E-state index contributed by atoms with van der Waals surface area (Å²) in [7, 11) is 2.09. The maximum absolute atomic E-state index is 10.4. The number of halogens is 1. The van der Waals surface area contributed by atoms with Crippen molar-refractivity contribution >= 4 is 29.9 Å². The largest absolute Gasteiger partial charge is 0.468 e. The monoisotopic (exact) mass is 562 g/mol. The van der Waals surface area contributed by atoms with Crippen LogP contribution in [0.4, 0.5) is 0 Å². The molecule has 0 aliphatic heterocycles. The highest BCUT2D eigenvalue weighted by atomic mass is 127. The van der Waals surface area contributed by atoms with Crippen molar-refractivity contribution in [2.45, 2.75) is 39.1 Å². The number of hydrogen-bond donors (Lipinski definition) is 3. The molecule has 1 unspecified atom stereocenters. The second-order valence-corrected chi connectivity index (χ2v) is 7.86. The molecule has 3 aromatic rings. The fourth-order valence-electron chi connectivity index (χ4n) is 3.56. The normalized spacial score (nSPS) is 12.3. The topological polar surface area (TPSA) is 73.0 Å². The van der Waals surface area contributed by atoms with Gasteiger partial charge in [0.1, 0.15) is 5.76 Å². The number of aliphatic imine (C=N–C) groups is 1. The zero-order chi connectivity index (χ0) is 22.6. The smallest absolute Gasteiger partial charge is 0.191 e. The van der Waals surface area contributed by atoms with Gasteiger partial charge in [-0.25, -0.2) is 4.99 Å². The molecule has 0 spiro atoms. The van der Waals surface area contributed by atoms with E-state index in [2.05, 4.69) is 46.8 Å². The molecule has 0 amide bonds. The second-order valence-electron chi connectivity index (χ2n) is 7.86. The average Bonchev–Trinajstić information content (AvgIpc) is 3.31. The summed E-state index contributed by atoms with van der Waals surface area (Å²) < 4.78 is 5.46. The third-order valence-electron chi connectivity index (χ3n) is 5.21. The van der Waals surface area contributed by atoms with Crippen LogP contribution in [0.5, 0.6) is 0 Å². The van der Waals surface area contributed by atoms with Gasteiger partial charge >= 0.3 is 0 Å². The summed E-state index contributed by atoms with van der Waals surface area (Å²) in [4.78, 5) is 7.00.